The highest BCUT2D eigenvalue weighted by Crippen LogP contribution is 2.22. The molecule has 0 spiro atoms. The zero-order valence-corrected chi connectivity index (χ0v) is 10.3. The van der Waals surface area contributed by atoms with E-state index in [0.717, 1.165) is 16.6 Å². The summed E-state index contributed by atoms with van der Waals surface area (Å²) in [4.78, 5) is 7.77. The standard InChI is InChI=1S/C12H7ClN6/c13-12-15-5-8(4-14)11(18-12)17-9-1-2-10-7(3-9)6-16-19-10/h1-3,5-6H,(H,16,19)(H,15,17,18). The molecule has 92 valence electrons. The number of H-pyrrole nitrogens is 1. The third-order valence-corrected chi connectivity index (χ3v) is 2.76. The van der Waals surface area contributed by atoms with Crippen LogP contribution in [0.4, 0.5) is 11.5 Å². The first kappa shape index (κ1) is 11.4. The molecule has 0 unspecified atom stereocenters. The van der Waals surface area contributed by atoms with E-state index in [-0.39, 0.29) is 5.28 Å². The molecule has 0 aliphatic rings. The predicted octanol–water partition coefficient (Wildman–Crippen LogP) is 2.62. The van der Waals surface area contributed by atoms with Gasteiger partial charge in [-0.25, -0.2) is 4.98 Å². The molecule has 0 bridgehead atoms. The van der Waals surface area contributed by atoms with Crippen LogP contribution < -0.4 is 5.32 Å². The van der Waals surface area contributed by atoms with Crippen LogP contribution in [0, 0.1) is 11.3 Å². The van der Waals surface area contributed by atoms with Gasteiger partial charge in [-0.1, -0.05) is 0 Å². The van der Waals surface area contributed by atoms with Gasteiger partial charge in [0.15, 0.2) is 5.82 Å². The Morgan fingerprint density at radius 2 is 2.21 bits per heavy atom. The normalized spacial score (nSPS) is 10.3. The van der Waals surface area contributed by atoms with Crippen LogP contribution in [-0.2, 0) is 0 Å². The number of aromatic nitrogens is 4. The quantitative estimate of drug-likeness (QED) is 0.699. The molecule has 0 fully saturated rings. The summed E-state index contributed by atoms with van der Waals surface area (Å²) in [6.45, 7) is 0. The fourth-order valence-corrected chi connectivity index (χ4v) is 1.83. The van der Waals surface area contributed by atoms with E-state index in [1.54, 1.807) is 6.20 Å². The Morgan fingerprint density at radius 1 is 1.32 bits per heavy atom. The van der Waals surface area contributed by atoms with Crippen LogP contribution in [0.5, 0.6) is 0 Å². The molecule has 0 aliphatic carbocycles. The van der Waals surface area contributed by atoms with Gasteiger partial charge in [0.1, 0.15) is 11.6 Å². The Bertz CT molecular complexity index is 788. The smallest absolute Gasteiger partial charge is 0.224 e. The number of halogens is 1. The highest BCUT2D eigenvalue weighted by molar-refractivity contribution is 6.28. The molecule has 0 amide bonds. The predicted molar refractivity (Wildman–Crippen MR) is 71.1 cm³/mol. The first-order valence-electron chi connectivity index (χ1n) is 5.39. The number of nitrogens with one attached hydrogen (secondary N) is 2. The number of benzene rings is 1. The SMILES string of the molecule is N#Cc1cnc(Cl)nc1Nc1ccc2[nH]ncc2c1. The third kappa shape index (κ3) is 2.19. The van der Waals surface area contributed by atoms with Gasteiger partial charge in [-0.3, -0.25) is 5.10 Å². The summed E-state index contributed by atoms with van der Waals surface area (Å²) >= 11 is 5.73. The molecule has 7 heteroatoms. The average molecular weight is 271 g/mol. The van der Waals surface area contributed by atoms with Gasteiger partial charge < -0.3 is 5.32 Å². The maximum Gasteiger partial charge on any atom is 0.224 e. The zero-order valence-electron chi connectivity index (χ0n) is 9.55. The third-order valence-electron chi connectivity index (χ3n) is 2.58. The molecule has 0 aliphatic heterocycles. The minimum atomic E-state index is 0.0888. The second kappa shape index (κ2) is 4.55. The second-order valence-electron chi connectivity index (χ2n) is 3.81. The number of hydrogen-bond donors (Lipinski definition) is 2. The van der Waals surface area contributed by atoms with Crippen LogP contribution in [0.2, 0.25) is 5.28 Å². The largest absolute Gasteiger partial charge is 0.339 e. The van der Waals surface area contributed by atoms with Crippen molar-refractivity contribution in [2.75, 3.05) is 5.32 Å². The van der Waals surface area contributed by atoms with Crippen molar-refractivity contribution in [1.29, 1.82) is 5.26 Å². The lowest BCUT2D eigenvalue weighted by Crippen LogP contribution is -1.98. The molecule has 0 atom stereocenters. The van der Waals surface area contributed by atoms with Gasteiger partial charge in [-0.05, 0) is 29.8 Å². The van der Waals surface area contributed by atoms with Gasteiger partial charge in [0, 0.05) is 11.1 Å². The Kier molecular flexibility index (Phi) is 2.74. The van der Waals surface area contributed by atoms with Gasteiger partial charge >= 0.3 is 0 Å². The van der Waals surface area contributed by atoms with E-state index >= 15 is 0 Å². The van der Waals surface area contributed by atoms with Crippen molar-refractivity contribution in [2.45, 2.75) is 0 Å². The van der Waals surface area contributed by atoms with E-state index in [2.05, 4.69) is 25.5 Å². The fraction of sp³-hybridized carbons (Fsp3) is 0. The molecule has 0 saturated carbocycles. The Hall–Kier alpha value is -2.65. The molecule has 0 saturated heterocycles. The summed E-state index contributed by atoms with van der Waals surface area (Å²) in [6, 6.07) is 7.66. The van der Waals surface area contributed by atoms with Crippen LogP contribution in [0.25, 0.3) is 10.9 Å². The lowest BCUT2D eigenvalue weighted by molar-refractivity contribution is 1.12. The maximum absolute atomic E-state index is 9.00. The van der Waals surface area contributed by atoms with Crippen LogP contribution in [0.1, 0.15) is 5.56 Å². The lowest BCUT2D eigenvalue weighted by atomic mass is 10.2. The molecule has 6 nitrogen and oxygen atoms in total. The summed E-state index contributed by atoms with van der Waals surface area (Å²) in [5.41, 5.74) is 2.06. The number of nitrogens with zero attached hydrogens (tertiary/aromatic N) is 4. The van der Waals surface area contributed by atoms with Gasteiger partial charge in [-0.2, -0.15) is 15.3 Å². The van der Waals surface area contributed by atoms with E-state index in [1.165, 1.54) is 6.20 Å². The molecule has 1 aromatic carbocycles. The first-order valence-corrected chi connectivity index (χ1v) is 5.77. The van der Waals surface area contributed by atoms with Gasteiger partial charge in [0.25, 0.3) is 0 Å². The summed E-state index contributed by atoms with van der Waals surface area (Å²) in [6.07, 6.45) is 3.10. The highest BCUT2D eigenvalue weighted by atomic mass is 35.5. The van der Waals surface area contributed by atoms with Crippen molar-refractivity contribution in [3.63, 3.8) is 0 Å². The van der Waals surface area contributed by atoms with E-state index in [0.29, 0.717) is 11.4 Å². The minimum absolute atomic E-state index is 0.0888. The van der Waals surface area contributed by atoms with Crippen LogP contribution in [-0.4, -0.2) is 20.2 Å². The molecule has 2 N–H and O–H groups in total. The zero-order chi connectivity index (χ0) is 13.2. The van der Waals surface area contributed by atoms with Gasteiger partial charge in [0.2, 0.25) is 5.28 Å². The van der Waals surface area contributed by atoms with Crippen molar-refractivity contribution < 1.29 is 0 Å². The first-order chi connectivity index (χ1) is 9.26. The number of hydrogen-bond acceptors (Lipinski definition) is 5. The lowest BCUT2D eigenvalue weighted by Gasteiger charge is -2.07. The molecule has 2 heterocycles. The average Bonchev–Trinajstić information content (AvgIpc) is 2.86. The minimum Gasteiger partial charge on any atom is -0.339 e. The van der Waals surface area contributed by atoms with E-state index in [4.69, 9.17) is 16.9 Å². The van der Waals surface area contributed by atoms with Crippen molar-refractivity contribution >= 4 is 34.0 Å². The van der Waals surface area contributed by atoms with Crippen molar-refractivity contribution in [1.82, 2.24) is 20.2 Å². The molecule has 3 rings (SSSR count). The molecular weight excluding hydrogens is 264 g/mol. The van der Waals surface area contributed by atoms with E-state index < -0.39 is 0 Å². The Balaban J connectivity index is 2.00. The Labute approximate surface area is 113 Å². The number of anilines is 2. The fourth-order valence-electron chi connectivity index (χ4n) is 1.69. The van der Waals surface area contributed by atoms with Crippen molar-refractivity contribution in [2.24, 2.45) is 0 Å². The summed E-state index contributed by atoms with van der Waals surface area (Å²) < 4.78 is 0. The molecule has 2 aromatic heterocycles. The summed E-state index contributed by atoms with van der Waals surface area (Å²) in [7, 11) is 0. The monoisotopic (exact) mass is 270 g/mol. The molecular formula is C12H7ClN6. The van der Waals surface area contributed by atoms with Crippen LogP contribution in [0.15, 0.2) is 30.6 Å². The molecule has 3 aromatic rings. The Morgan fingerprint density at radius 3 is 3.05 bits per heavy atom. The number of rotatable bonds is 2. The van der Waals surface area contributed by atoms with Crippen molar-refractivity contribution in [3.05, 3.63) is 41.4 Å². The summed E-state index contributed by atoms with van der Waals surface area (Å²) in [5, 5.41) is 19.9. The van der Waals surface area contributed by atoms with E-state index in [1.807, 2.05) is 24.3 Å². The number of nitriles is 1. The number of fused-ring (bicyclic) bond motifs is 1. The molecule has 19 heavy (non-hydrogen) atoms. The highest BCUT2D eigenvalue weighted by Gasteiger charge is 2.07. The maximum atomic E-state index is 9.00. The van der Waals surface area contributed by atoms with Gasteiger partial charge in [-0.15, -0.1) is 0 Å². The van der Waals surface area contributed by atoms with Crippen LogP contribution >= 0.6 is 11.6 Å². The topological polar surface area (TPSA) is 90.3 Å². The van der Waals surface area contributed by atoms with Crippen LogP contribution in [0.3, 0.4) is 0 Å². The molecule has 0 radical (unpaired) electrons. The van der Waals surface area contributed by atoms with Gasteiger partial charge in [0.05, 0.1) is 17.9 Å². The van der Waals surface area contributed by atoms with E-state index in [9.17, 15) is 0 Å². The number of aromatic amines is 1. The second-order valence-corrected chi connectivity index (χ2v) is 4.15. The van der Waals surface area contributed by atoms with Crippen molar-refractivity contribution in [3.8, 4) is 6.07 Å². The summed E-state index contributed by atoms with van der Waals surface area (Å²) in [5.74, 6) is 0.380.